The van der Waals surface area contributed by atoms with Crippen molar-refractivity contribution < 1.29 is 9.90 Å². The van der Waals surface area contributed by atoms with Gasteiger partial charge in [-0.05, 0) is 75.2 Å². The van der Waals surface area contributed by atoms with Gasteiger partial charge in [-0.1, -0.05) is 36.8 Å². The van der Waals surface area contributed by atoms with E-state index in [2.05, 4.69) is 25.7 Å². The highest BCUT2D eigenvalue weighted by Gasteiger charge is 2.50. The van der Waals surface area contributed by atoms with E-state index in [1.807, 2.05) is 0 Å². The van der Waals surface area contributed by atoms with Crippen molar-refractivity contribution in [3.05, 3.63) is 35.5 Å². The number of ketones is 1. The highest BCUT2D eigenvalue weighted by atomic mass is 16.3. The summed E-state index contributed by atoms with van der Waals surface area (Å²) in [4.78, 5) is 12.0. The fourth-order valence-corrected chi connectivity index (χ4v) is 5.30. The summed E-state index contributed by atoms with van der Waals surface area (Å²) in [6, 6.07) is 0. The van der Waals surface area contributed by atoms with Crippen LogP contribution in [-0.4, -0.2) is 17.0 Å². The maximum atomic E-state index is 12.0. The van der Waals surface area contributed by atoms with Gasteiger partial charge in [0.05, 0.1) is 6.10 Å². The Labute approximate surface area is 140 Å². The van der Waals surface area contributed by atoms with Crippen LogP contribution in [0.25, 0.3) is 0 Å². The van der Waals surface area contributed by atoms with Gasteiger partial charge < -0.3 is 5.11 Å². The quantitative estimate of drug-likeness (QED) is 0.799. The normalized spacial score (nSPS) is 41.3. The van der Waals surface area contributed by atoms with Crippen LogP contribution in [-0.2, 0) is 4.79 Å². The first-order valence-corrected chi connectivity index (χ1v) is 9.18. The van der Waals surface area contributed by atoms with E-state index >= 15 is 0 Å². The van der Waals surface area contributed by atoms with Gasteiger partial charge in [-0.25, -0.2) is 0 Å². The van der Waals surface area contributed by atoms with Crippen molar-refractivity contribution in [3.63, 3.8) is 0 Å². The minimum Gasteiger partial charge on any atom is -0.393 e. The molecule has 0 aromatic carbocycles. The average molecular weight is 314 g/mol. The third-order valence-corrected chi connectivity index (χ3v) is 6.64. The molecular formula is C21H30O2. The van der Waals surface area contributed by atoms with Crippen molar-refractivity contribution >= 4 is 5.78 Å². The Balaban J connectivity index is 1.83. The van der Waals surface area contributed by atoms with Crippen LogP contribution in [0.15, 0.2) is 35.5 Å². The predicted molar refractivity (Wildman–Crippen MR) is 94.0 cm³/mol. The Morgan fingerprint density at radius 1 is 1.26 bits per heavy atom. The van der Waals surface area contributed by atoms with Crippen molar-refractivity contribution in [2.75, 3.05) is 0 Å². The van der Waals surface area contributed by atoms with Crippen LogP contribution < -0.4 is 0 Å². The van der Waals surface area contributed by atoms with Crippen molar-refractivity contribution in [1.82, 2.24) is 0 Å². The average Bonchev–Trinajstić information content (AvgIpc) is 2.86. The van der Waals surface area contributed by atoms with E-state index in [0.717, 1.165) is 38.5 Å². The lowest BCUT2D eigenvalue weighted by Crippen LogP contribution is -2.36. The number of hydrogen-bond acceptors (Lipinski definition) is 2. The second-order valence-electron chi connectivity index (χ2n) is 8.09. The third kappa shape index (κ3) is 3.10. The fourth-order valence-electron chi connectivity index (χ4n) is 5.30. The summed E-state index contributed by atoms with van der Waals surface area (Å²) in [5, 5.41) is 9.88. The van der Waals surface area contributed by atoms with Gasteiger partial charge in [-0.3, -0.25) is 4.79 Å². The molecule has 2 nitrogen and oxygen atoms in total. The standard InChI is InChI=1S/C21H30O2/c1-14-6-9-18(23)13-17(14)8-7-16-5-4-12-21(3)19(15(2)22)10-11-20(16)21/h7-8,18-20,23H,1,4-6,9-13H2,2-3H3. The molecule has 23 heavy (non-hydrogen) atoms. The molecule has 3 rings (SSSR count). The molecule has 1 N–H and O–H groups in total. The number of aliphatic hydroxyl groups excluding tert-OH is 1. The van der Waals surface area contributed by atoms with Crippen molar-refractivity contribution in [2.24, 2.45) is 17.3 Å². The largest absolute Gasteiger partial charge is 0.393 e. The first-order valence-electron chi connectivity index (χ1n) is 9.18. The number of carbonyl (C=O) groups excluding carboxylic acids is 1. The van der Waals surface area contributed by atoms with E-state index in [4.69, 9.17) is 0 Å². The van der Waals surface area contributed by atoms with E-state index in [1.165, 1.54) is 29.6 Å². The number of carbonyl (C=O) groups is 1. The molecule has 0 aromatic rings. The molecule has 3 fully saturated rings. The molecule has 3 saturated carbocycles. The SMILES string of the molecule is C=C1CCC(O)CC1=CC=C1CCCC2(C)C(C(C)=O)CCC12. The van der Waals surface area contributed by atoms with Gasteiger partial charge >= 0.3 is 0 Å². The molecule has 0 saturated heterocycles. The summed E-state index contributed by atoms with van der Waals surface area (Å²) >= 11 is 0. The molecule has 0 bridgehead atoms. The molecule has 0 aliphatic heterocycles. The lowest BCUT2D eigenvalue weighted by Gasteiger charge is -2.41. The Bertz CT molecular complexity index is 568. The molecule has 4 unspecified atom stereocenters. The van der Waals surface area contributed by atoms with Gasteiger partial charge in [0.2, 0.25) is 0 Å². The predicted octanol–water partition coefficient (Wildman–Crippen LogP) is 4.75. The molecule has 0 aromatic heterocycles. The summed E-state index contributed by atoms with van der Waals surface area (Å²) in [6.07, 6.45) is 12.5. The molecule has 0 spiro atoms. The van der Waals surface area contributed by atoms with Crippen LogP contribution in [0.5, 0.6) is 0 Å². The summed E-state index contributed by atoms with van der Waals surface area (Å²) in [5.41, 5.74) is 4.07. The van der Waals surface area contributed by atoms with Crippen LogP contribution in [0, 0.1) is 17.3 Å². The summed E-state index contributed by atoms with van der Waals surface area (Å²) in [6.45, 7) is 8.26. The smallest absolute Gasteiger partial charge is 0.133 e. The fraction of sp³-hybridized carbons (Fsp3) is 0.667. The minimum absolute atomic E-state index is 0.164. The molecule has 2 heteroatoms. The molecule has 0 heterocycles. The Hall–Kier alpha value is -1.15. The molecule has 0 radical (unpaired) electrons. The monoisotopic (exact) mass is 314 g/mol. The number of Topliss-reactive ketones (excluding diaryl/α,β-unsaturated/α-hetero) is 1. The summed E-state index contributed by atoms with van der Waals surface area (Å²) in [7, 11) is 0. The zero-order valence-corrected chi connectivity index (χ0v) is 14.6. The molecule has 4 atom stereocenters. The van der Waals surface area contributed by atoms with E-state index in [-0.39, 0.29) is 17.4 Å². The van der Waals surface area contributed by atoms with Gasteiger partial charge in [-0.2, -0.15) is 0 Å². The first-order chi connectivity index (χ1) is 10.9. The zero-order chi connectivity index (χ0) is 16.6. The van der Waals surface area contributed by atoms with Crippen molar-refractivity contribution in [2.45, 2.75) is 71.3 Å². The van der Waals surface area contributed by atoms with Crippen LogP contribution in [0.2, 0.25) is 0 Å². The van der Waals surface area contributed by atoms with E-state index in [9.17, 15) is 9.90 Å². The molecule has 3 aliphatic rings. The molecule has 126 valence electrons. The van der Waals surface area contributed by atoms with Gasteiger partial charge in [0, 0.05) is 5.92 Å². The zero-order valence-electron chi connectivity index (χ0n) is 14.6. The highest BCUT2D eigenvalue weighted by molar-refractivity contribution is 5.79. The number of hydrogen-bond donors (Lipinski definition) is 1. The summed E-state index contributed by atoms with van der Waals surface area (Å²) in [5.74, 6) is 1.18. The summed E-state index contributed by atoms with van der Waals surface area (Å²) < 4.78 is 0. The van der Waals surface area contributed by atoms with Crippen LogP contribution in [0.4, 0.5) is 0 Å². The second kappa shape index (κ2) is 6.39. The van der Waals surface area contributed by atoms with E-state index in [1.54, 1.807) is 6.92 Å². The minimum atomic E-state index is -0.213. The highest BCUT2D eigenvalue weighted by Crippen LogP contribution is 2.57. The molecular weight excluding hydrogens is 284 g/mol. The van der Waals surface area contributed by atoms with Crippen LogP contribution in [0.1, 0.15) is 65.2 Å². The Kier molecular flexibility index (Phi) is 4.64. The lowest BCUT2D eigenvalue weighted by atomic mass is 9.63. The molecule has 3 aliphatic carbocycles. The van der Waals surface area contributed by atoms with Gasteiger partial charge in [0.15, 0.2) is 0 Å². The molecule has 0 amide bonds. The first kappa shape index (κ1) is 16.7. The second-order valence-corrected chi connectivity index (χ2v) is 8.09. The van der Waals surface area contributed by atoms with Crippen LogP contribution in [0.3, 0.4) is 0 Å². The van der Waals surface area contributed by atoms with Crippen molar-refractivity contribution in [1.29, 1.82) is 0 Å². The van der Waals surface area contributed by atoms with E-state index in [0.29, 0.717) is 11.7 Å². The van der Waals surface area contributed by atoms with Gasteiger partial charge in [0.25, 0.3) is 0 Å². The number of fused-ring (bicyclic) bond motifs is 1. The van der Waals surface area contributed by atoms with E-state index < -0.39 is 0 Å². The number of allylic oxidation sites excluding steroid dienone is 4. The Morgan fingerprint density at radius 3 is 2.78 bits per heavy atom. The van der Waals surface area contributed by atoms with Crippen LogP contribution >= 0.6 is 0 Å². The Morgan fingerprint density at radius 2 is 2.04 bits per heavy atom. The third-order valence-electron chi connectivity index (χ3n) is 6.64. The lowest BCUT2D eigenvalue weighted by molar-refractivity contribution is -0.124. The van der Waals surface area contributed by atoms with Gasteiger partial charge in [0.1, 0.15) is 5.78 Å². The maximum Gasteiger partial charge on any atom is 0.133 e. The topological polar surface area (TPSA) is 37.3 Å². The number of aliphatic hydroxyl groups is 1. The number of rotatable bonds is 2. The maximum absolute atomic E-state index is 12.0. The van der Waals surface area contributed by atoms with Crippen molar-refractivity contribution in [3.8, 4) is 0 Å². The van der Waals surface area contributed by atoms with Gasteiger partial charge in [-0.15, -0.1) is 0 Å².